The fourth-order valence-corrected chi connectivity index (χ4v) is 1.59. The first-order chi connectivity index (χ1) is 6.11. The number of hydrogen-bond acceptors (Lipinski definition) is 2. The van der Waals surface area contributed by atoms with Crippen molar-refractivity contribution in [2.45, 2.75) is 27.7 Å². The normalized spacial score (nSPS) is 11.1. The lowest BCUT2D eigenvalue weighted by Gasteiger charge is -2.02. The number of hydrogen-bond donors (Lipinski definition) is 0. The van der Waals surface area contributed by atoms with Crippen LogP contribution in [0.15, 0.2) is 6.20 Å². The van der Waals surface area contributed by atoms with Gasteiger partial charge in [0.2, 0.25) is 0 Å². The minimum Gasteiger partial charge on any atom is -0.298 e. The Morgan fingerprint density at radius 3 is 2.38 bits per heavy atom. The quantitative estimate of drug-likeness (QED) is 0.612. The molecule has 0 saturated heterocycles. The zero-order valence-corrected chi connectivity index (χ0v) is 8.42. The molecule has 0 aliphatic carbocycles. The van der Waals surface area contributed by atoms with Gasteiger partial charge in [-0.3, -0.25) is 9.38 Å². The first kappa shape index (κ1) is 8.23. The van der Waals surface area contributed by atoms with Gasteiger partial charge in [-0.25, -0.2) is 4.98 Å². The first-order valence-electron chi connectivity index (χ1n) is 4.39. The third-order valence-corrected chi connectivity index (χ3v) is 2.47. The van der Waals surface area contributed by atoms with Crippen molar-refractivity contribution < 1.29 is 0 Å². The summed E-state index contributed by atoms with van der Waals surface area (Å²) in [6, 6.07) is 0. The highest BCUT2D eigenvalue weighted by molar-refractivity contribution is 5.47. The van der Waals surface area contributed by atoms with Gasteiger partial charge >= 0.3 is 0 Å². The number of rotatable bonds is 0. The molecular formula is C10H13N3. The van der Waals surface area contributed by atoms with Crippen molar-refractivity contribution in [2.75, 3.05) is 0 Å². The molecule has 3 nitrogen and oxygen atoms in total. The molecule has 0 spiro atoms. The van der Waals surface area contributed by atoms with E-state index in [4.69, 9.17) is 0 Å². The van der Waals surface area contributed by atoms with Crippen molar-refractivity contribution in [3.63, 3.8) is 0 Å². The van der Waals surface area contributed by atoms with Crippen LogP contribution in [0.1, 0.15) is 22.8 Å². The molecule has 2 aromatic rings. The van der Waals surface area contributed by atoms with E-state index < -0.39 is 0 Å². The van der Waals surface area contributed by atoms with Crippen LogP contribution in [-0.4, -0.2) is 14.4 Å². The van der Waals surface area contributed by atoms with Crippen molar-refractivity contribution in [1.29, 1.82) is 0 Å². The molecule has 0 amide bonds. The van der Waals surface area contributed by atoms with Gasteiger partial charge in [0.15, 0.2) is 5.65 Å². The number of aryl methyl sites for hydroxylation is 4. The van der Waals surface area contributed by atoms with Crippen LogP contribution in [0.5, 0.6) is 0 Å². The Hall–Kier alpha value is -1.38. The summed E-state index contributed by atoms with van der Waals surface area (Å²) in [5.41, 5.74) is 5.40. The third kappa shape index (κ3) is 1.03. The lowest BCUT2D eigenvalue weighted by Crippen LogP contribution is -1.97. The molecule has 0 aliphatic rings. The average molecular weight is 175 g/mol. The van der Waals surface area contributed by atoms with Crippen LogP contribution in [0.4, 0.5) is 0 Å². The molecule has 2 aromatic heterocycles. The Balaban J connectivity index is 3.00. The number of fused-ring (bicyclic) bond motifs is 1. The van der Waals surface area contributed by atoms with Crippen LogP contribution in [0.3, 0.4) is 0 Å². The van der Waals surface area contributed by atoms with E-state index in [1.807, 2.05) is 27.0 Å². The van der Waals surface area contributed by atoms with Gasteiger partial charge < -0.3 is 0 Å². The molecule has 0 aliphatic heterocycles. The van der Waals surface area contributed by atoms with Gasteiger partial charge in [-0.2, -0.15) is 0 Å². The van der Waals surface area contributed by atoms with Crippen LogP contribution >= 0.6 is 0 Å². The number of aromatic nitrogens is 3. The maximum Gasteiger partial charge on any atom is 0.158 e. The van der Waals surface area contributed by atoms with Gasteiger partial charge in [0.05, 0.1) is 11.4 Å². The molecule has 3 heteroatoms. The lowest BCUT2D eigenvalue weighted by atomic mass is 10.3. The summed E-state index contributed by atoms with van der Waals surface area (Å²) < 4.78 is 2.15. The van der Waals surface area contributed by atoms with E-state index in [1.165, 1.54) is 5.69 Å². The molecule has 0 saturated carbocycles. The van der Waals surface area contributed by atoms with Gasteiger partial charge in [0.1, 0.15) is 0 Å². The van der Waals surface area contributed by atoms with Gasteiger partial charge in [0.25, 0.3) is 0 Å². The highest BCUT2D eigenvalue weighted by atomic mass is 15.1. The monoisotopic (exact) mass is 175 g/mol. The second kappa shape index (κ2) is 2.55. The largest absolute Gasteiger partial charge is 0.298 e. The van der Waals surface area contributed by atoms with E-state index in [0.717, 1.165) is 22.7 Å². The Labute approximate surface area is 77.4 Å². The SMILES string of the molecule is Cc1nc2c(C)ncc(C)n2c1C. The van der Waals surface area contributed by atoms with Crippen LogP contribution in [-0.2, 0) is 0 Å². The van der Waals surface area contributed by atoms with Crippen LogP contribution in [0, 0.1) is 27.7 Å². The number of imidazole rings is 1. The van der Waals surface area contributed by atoms with Crippen LogP contribution in [0.2, 0.25) is 0 Å². The zero-order valence-electron chi connectivity index (χ0n) is 8.42. The second-order valence-corrected chi connectivity index (χ2v) is 3.43. The Bertz CT molecular complexity index is 468. The van der Waals surface area contributed by atoms with E-state index in [0.29, 0.717) is 0 Å². The average Bonchev–Trinajstić information content (AvgIpc) is 2.38. The zero-order chi connectivity index (χ0) is 9.59. The standard InChI is InChI=1S/C10H13N3/c1-6-5-11-8(3)10-12-7(2)9(4)13(6)10/h5H,1-4H3. The molecular weight excluding hydrogens is 162 g/mol. The Morgan fingerprint density at radius 2 is 1.77 bits per heavy atom. The molecule has 0 bridgehead atoms. The van der Waals surface area contributed by atoms with E-state index in [1.54, 1.807) is 0 Å². The summed E-state index contributed by atoms with van der Waals surface area (Å²) >= 11 is 0. The Morgan fingerprint density at radius 1 is 1.08 bits per heavy atom. The van der Waals surface area contributed by atoms with Crippen molar-refractivity contribution in [3.05, 3.63) is 29.0 Å². The van der Waals surface area contributed by atoms with Gasteiger partial charge in [-0.15, -0.1) is 0 Å². The molecule has 2 rings (SSSR count). The fourth-order valence-electron chi connectivity index (χ4n) is 1.59. The minimum absolute atomic E-state index is 0.981. The van der Waals surface area contributed by atoms with E-state index in [9.17, 15) is 0 Å². The summed E-state index contributed by atoms with van der Waals surface area (Å²) in [5, 5.41) is 0. The highest BCUT2D eigenvalue weighted by Crippen LogP contribution is 2.14. The summed E-state index contributed by atoms with van der Waals surface area (Å²) in [7, 11) is 0. The highest BCUT2D eigenvalue weighted by Gasteiger charge is 2.08. The maximum absolute atomic E-state index is 4.47. The first-order valence-corrected chi connectivity index (χ1v) is 4.39. The summed E-state index contributed by atoms with van der Waals surface area (Å²) in [6.07, 6.45) is 1.89. The predicted molar refractivity (Wildman–Crippen MR) is 51.9 cm³/mol. The Kier molecular flexibility index (Phi) is 1.62. The molecule has 0 fully saturated rings. The summed E-state index contributed by atoms with van der Waals surface area (Å²) in [6.45, 7) is 8.15. The van der Waals surface area contributed by atoms with Crippen molar-refractivity contribution in [3.8, 4) is 0 Å². The molecule has 0 radical (unpaired) electrons. The predicted octanol–water partition coefficient (Wildman–Crippen LogP) is 1.96. The molecule has 2 heterocycles. The molecule has 0 unspecified atom stereocenters. The fraction of sp³-hybridized carbons (Fsp3) is 0.400. The molecule has 0 atom stereocenters. The molecule has 0 N–H and O–H groups in total. The van der Waals surface area contributed by atoms with Crippen molar-refractivity contribution in [1.82, 2.24) is 14.4 Å². The molecule has 13 heavy (non-hydrogen) atoms. The van der Waals surface area contributed by atoms with Crippen LogP contribution in [0.25, 0.3) is 5.65 Å². The van der Waals surface area contributed by atoms with Gasteiger partial charge in [-0.1, -0.05) is 0 Å². The van der Waals surface area contributed by atoms with Crippen molar-refractivity contribution >= 4 is 5.65 Å². The summed E-state index contributed by atoms with van der Waals surface area (Å²) in [4.78, 5) is 8.75. The maximum atomic E-state index is 4.47. The topological polar surface area (TPSA) is 30.2 Å². The van der Waals surface area contributed by atoms with Crippen molar-refractivity contribution in [2.24, 2.45) is 0 Å². The minimum atomic E-state index is 0.981. The van der Waals surface area contributed by atoms with Gasteiger partial charge in [0, 0.05) is 17.6 Å². The van der Waals surface area contributed by atoms with Crippen LogP contribution < -0.4 is 0 Å². The van der Waals surface area contributed by atoms with E-state index >= 15 is 0 Å². The van der Waals surface area contributed by atoms with E-state index in [-0.39, 0.29) is 0 Å². The lowest BCUT2D eigenvalue weighted by molar-refractivity contribution is 0.981. The molecule has 0 aromatic carbocycles. The second-order valence-electron chi connectivity index (χ2n) is 3.43. The summed E-state index contributed by atoms with van der Waals surface area (Å²) in [5.74, 6) is 0. The smallest absolute Gasteiger partial charge is 0.158 e. The third-order valence-electron chi connectivity index (χ3n) is 2.47. The van der Waals surface area contributed by atoms with Gasteiger partial charge in [-0.05, 0) is 27.7 Å². The van der Waals surface area contributed by atoms with E-state index in [2.05, 4.69) is 21.3 Å². The molecule has 68 valence electrons. The number of nitrogens with zero attached hydrogens (tertiary/aromatic N) is 3.